The summed E-state index contributed by atoms with van der Waals surface area (Å²) in [6.07, 6.45) is 0. The molecule has 3 rings (SSSR count). The molecule has 1 aliphatic heterocycles. The zero-order valence-corrected chi connectivity index (χ0v) is 15.1. The van der Waals surface area contributed by atoms with E-state index in [1.165, 1.54) is 11.3 Å². The first-order valence-corrected chi connectivity index (χ1v) is 8.74. The van der Waals surface area contributed by atoms with Gasteiger partial charge < -0.3 is 15.1 Å². The van der Waals surface area contributed by atoms with Crippen molar-refractivity contribution in [1.29, 1.82) is 0 Å². The molecular formula is C19H25N5O. The Balaban J connectivity index is 1.59. The first-order valence-electron chi connectivity index (χ1n) is 8.74. The van der Waals surface area contributed by atoms with Gasteiger partial charge in [0.1, 0.15) is 5.82 Å². The first kappa shape index (κ1) is 17.2. The van der Waals surface area contributed by atoms with Crippen LogP contribution >= 0.6 is 0 Å². The van der Waals surface area contributed by atoms with E-state index < -0.39 is 0 Å². The van der Waals surface area contributed by atoms with Crippen LogP contribution < -0.4 is 10.2 Å². The largest absolute Gasteiger partial charge is 0.368 e. The van der Waals surface area contributed by atoms with E-state index in [2.05, 4.69) is 51.6 Å². The van der Waals surface area contributed by atoms with Gasteiger partial charge in [-0.2, -0.15) is 0 Å². The third kappa shape index (κ3) is 4.26. The number of anilines is 2. The summed E-state index contributed by atoms with van der Waals surface area (Å²) in [5, 5.41) is 11.3. The molecule has 1 N–H and O–H groups in total. The highest BCUT2D eigenvalue weighted by atomic mass is 16.2. The molecule has 1 saturated heterocycles. The number of carbonyl (C=O) groups excluding carboxylic acids is 1. The van der Waals surface area contributed by atoms with Crippen LogP contribution in [0.25, 0.3) is 0 Å². The molecule has 132 valence electrons. The molecule has 0 atom stereocenters. The molecule has 1 aromatic carbocycles. The van der Waals surface area contributed by atoms with E-state index in [0.717, 1.165) is 13.1 Å². The summed E-state index contributed by atoms with van der Waals surface area (Å²) < 4.78 is 0. The summed E-state index contributed by atoms with van der Waals surface area (Å²) >= 11 is 0. The maximum Gasteiger partial charge on any atom is 0.274 e. The lowest BCUT2D eigenvalue weighted by atomic mass is 10.2. The monoisotopic (exact) mass is 339 g/mol. The van der Waals surface area contributed by atoms with Gasteiger partial charge in [0.15, 0.2) is 5.69 Å². The summed E-state index contributed by atoms with van der Waals surface area (Å²) in [6, 6.07) is 12.3. The molecule has 1 amide bonds. The molecule has 1 fully saturated rings. The highest BCUT2D eigenvalue weighted by molar-refractivity contribution is 5.92. The van der Waals surface area contributed by atoms with Crippen molar-refractivity contribution < 1.29 is 4.79 Å². The number of rotatable bonds is 4. The molecule has 6 heteroatoms. The maximum absolute atomic E-state index is 12.6. The molecule has 0 aliphatic carbocycles. The number of nitrogens with zero attached hydrogens (tertiary/aromatic N) is 4. The molecule has 0 unspecified atom stereocenters. The molecule has 0 bridgehead atoms. The second kappa shape index (κ2) is 7.51. The Kier molecular flexibility index (Phi) is 5.16. The van der Waals surface area contributed by atoms with Gasteiger partial charge >= 0.3 is 0 Å². The van der Waals surface area contributed by atoms with Crippen molar-refractivity contribution in [2.75, 3.05) is 36.4 Å². The van der Waals surface area contributed by atoms with Crippen molar-refractivity contribution >= 4 is 17.4 Å². The molecule has 2 heterocycles. The van der Waals surface area contributed by atoms with Crippen LogP contribution in [0.5, 0.6) is 0 Å². The zero-order chi connectivity index (χ0) is 17.8. The molecular weight excluding hydrogens is 314 g/mol. The number of carbonyl (C=O) groups is 1. The fraction of sp³-hybridized carbons (Fsp3) is 0.421. The minimum absolute atomic E-state index is 0.0486. The highest BCUT2D eigenvalue weighted by Crippen LogP contribution is 2.18. The molecule has 0 spiro atoms. The third-order valence-electron chi connectivity index (χ3n) is 4.25. The molecule has 25 heavy (non-hydrogen) atoms. The molecule has 1 aliphatic rings. The van der Waals surface area contributed by atoms with Crippen LogP contribution in [-0.4, -0.2) is 53.2 Å². The number of nitrogens with one attached hydrogen (secondary N) is 1. The number of amides is 1. The van der Waals surface area contributed by atoms with E-state index in [4.69, 9.17) is 0 Å². The smallest absolute Gasteiger partial charge is 0.274 e. The van der Waals surface area contributed by atoms with Gasteiger partial charge in [0.2, 0.25) is 0 Å². The predicted octanol–water partition coefficient (Wildman–Crippen LogP) is 2.57. The van der Waals surface area contributed by atoms with Gasteiger partial charge in [-0.3, -0.25) is 4.79 Å². The van der Waals surface area contributed by atoms with E-state index in [0.29, 0.717) is 24.6 Å². The van der Waals surface area contributed by atoms with E-state index in [-0.39, 0.29) is 11.9 Å². The van der Waals surface area contributed by atoms with E-state index in [9.17, 15) is 4.79 Å². The Bertz CT molecular complexity index is 721. The van der Waals surface area contributed by atoms with E-state index >= 15 is 0 Å². The number of hydrogen-bond acceptors (Lipinski definition) is 5. The molecule has 0 radical (unpaired) electrons. The Morgan fingerprint density at radius 3 is 2.44 bits per heavy atom. The van der Waals surface area contributed by atoms with Crippen molar-refractivity contribution in [2.45, 2.75) is 26.8 Å². The van der Waals surface area contributed by atoms with Crippen LogP contribution in [0.4, 0.5) is 11.5 Å². The molecule has 6 nitrogen and oxygen atoms in total. The molecule has 2 aromatic rings. The normalized spacial score (nSPS) is 14.7. The molecule has 0 saturated carbocycles. The van der Waals surface area contributed by atoms with Gasteiger partial charge in [0, 0.05) is 37.9 Å². The lowest BCUT2D eigenvalue weighted by Crippen LogP contribution is -2.49. The Morgan fingerprint density at radius 1 is 1.08 bits per heavy atom. The van der Waals surface area contributed by atoms with Crippen LogP contribution in [0, 0.1) is 6.92 Å². The van der Waals surface area contributed by atoms with Gasteiger partial charge in [-0.05, 0) is 50.6 Å². The summed E-state index contributed by atoms with van der Waals surface area (Å²) in [5.41, 5.74) is 2.87. The highest BCUT2D eigenvalue weighted by Gasteiger charge is 2.23. The predicted molar refractivity (Wildman–Crippen MR) is 100 cm³/mol. The van der Waals surface area contributed by atoms with Gasteiger partial charge in [-0.25, -0.2) is 0 Å². The van der Waals surface area contributed by atoms with Crippen molar-refractivity contribution in [3.8, 4) is 0 Å². The van der Waals surface area contributed by atoms with Crippen molar-refractivity contribution in [3.05, 3.63) is 47.7 Å². The summed E-state index contributed by atoms with van der Waals surface area (Å²) in [6.45, 7) is 9.22. The summed E-state index contributed by atoms with van der Waals surface area (Å²) in [7, 11) is 0. The number of piperazine rings is 1. The topological polar surface area (TPSA) is 61.4 Å². The Labute approximate surface area is 148 Å². The van der Waals surface area contributed by atoms with Crippen molar-refractivity contribution in [3.63, 3.8) is 0 Å². The standard InChI is InChI=1S/C19H25N5O/c1-14(2)20-18-8-7-17(21-22-18)19(25)24-11-9-23(10-12-24)16-6-4-5-15(3)13-16/h4-8,13-14H,9-12H2,1-3H3,(H,20,22). The molecule has 1 aromatic heterocycles. The number of aryl methyl sites for hydroxylation is 1. The second-order valence-electron chi connectivity index (χ2n) is 6.72. The van der Waals surface area contributed by atoms with Crippen LogP contribution in [0.1, 0.15) is 29.9 Å². The van der Waals surface area contributed by atoms with Gasteiger partial charge in [-0.1, -0.05) is 12.1 Å². The quantitative estimate of drug-likeness (QED) is 0.928. The van der Waals surface area contributed by atoms with Crippen LogP contribution in [0.3, 0.4) is 0 Å². The summed E-state index contributed by atoms with van der Waals surface area (Å²) in [5.74, 6) is 0.642. The number of benzene rings is 1. The number of hydrogen-bond donors (Lipinski definition) is 1. The Morgan fingerprint density at radius 2 is 1.84 bits per heavy atom. The summed E-state index contributed by atoms with van der Waals surface area (Å²) in [4.78, 5) is 16.8. The van der Waals surface area contributed by atoms with Crippen LogP contribution in [0.15, 0.2) is 36.4 Å². The van der Waals surface area contributed by atoms with Gasteiger partial charge in [0.05, 0.1) is 0 Å². The SMILES string of the molecule is Cc1cccc(N2CCN(C(=O)c3ccc(NC(C)C)nn3)CC2)c1. The third-order valence-corrected chi connectivity index (χ3v) is 4.25. The fourth-order valence-electron chi connectivity index (χ4n) is 2.97. The zero-order valence-electron chi connectivity index (χ0n) is 15.1. The maximum atomic E-state index is 12.6. The minimum Gasteiger partial charge on any atom is -0.368 e. The van der Waals surface area contributed by atoms with Gasteiger partial charge in [0.25, 0.3) is 5.91 Å². The second-order valence-corrected chi connectivity index (χ2v) is 6.72. The van der Waals surface area contributed by atoms with Crippen molar-refractivity contribution in [1.82, 2.24) is 15.1 Å². The average Bonchev–Trinajstić information content (AvgIpc) is 2.61. The lowest BCUT2D eigenvalue weighted by molar-refractivity contribution is 0.0739. The first-order chi connectivity index (χ1) is 12.0. The lowest BCUT2D eigenvalue weighted by Gasteiger charge is -2.36. The average molecular weight is 339 g/mol. The van der Waals surface area contributed by atoms with Crippen LogP contribution in [0.2, 0.25) is 0 Å². The number of aromatic nitrogens is 2. The Hall–Kier alpha value is -2.63. The van der Waals surface area contributed by atoms with Crippen LogP contribution in [-0.2, 0) is 0 Å². The van der Waals surface area contributed by atoms with E-state index in [1.807, 2.05) is 24.8 Å². The van der Waals surface area contributed by atoms with E-state index in [1.54, 1.807) is 6.07 Å². The van der Waals surface area contributed by atoms with Gasteiger partial charge in [-0.15, -0.1) is 10.2 Å². The fourth-order valence-corrected chi connectivity index (χ4v) is 2.97. The van der Waals surface area contributed by atoms with Crippen molar-refractivity contribution in [2.24, 2.45) is 0 Å². The minimum atomic E-state index is -0.0486.